The van der Waals surface area contributed by atoms with E-state index in [1.807, 2.05) is 0 Å². The van der Waals surface area contributed by atoms with Crippen LogP contribution in [-0.4, -0.2) is 27.7 Å². The van der Waals surface area contributed by atoms with Gasteiger partial charge >= 0.3 is 0 Å². The lowest BCUT2D eigenvalue weighted by Crippen LogP contribution is -2.27. The van der Waals surface area contributed by atoms with Crippen LogP contribution in [0.4, 0.5) is 17.6 Å². The molecular weight excluding hydrogens is 220 g/mol. The van der Waals surface area contributed by atoms with Crippen molar-refractivity contribution in [1.82, 2.24) is 9.97 Å². The van der Waals surface area contributed by atoms with Gasteiger partial charge in [0.25, 0.3) is 0 Å². The topological polar surface area (TPSA) is 122 Å². The summed E-state index contributed by atoms with van der Waals surface area (Å²) >= 11 is 0. The predicted octanol–water partition coefficient (Wildman–Crippen LogP) is 0.163. The zero-order chi connectivity index (χ0) is 12.8. The molecule has 7 heteroatoms. The third-order valence-corrected chi connectivity index (χ3v) is 2.47. The third kappa shape index (κ3) is 4.04. The Morgan fingerprint density at radius 2 is 2.00 bits per heavy atom. The molecule has 96 valence electrons. The van der Waals surface area contributed by atoms with E-state index in [1.54, 1.807) is 6.07 Å². The van der Waals surface area contributed by atoms with E-state index in [0.29, 0.717) is 24.0 Å². The summed E-state index contributed by atoms with van der Waals surface area (Å²) < 4.78 is 0. The summed E-state index contributed by atoms with van der Waals surface area (Å²) in [5.41, 5.74) is 7.98. The van der Waals surface area contributed by atoms with Gasteiger partial charge in [0, 0.05) is 18.7 Å². The number of nitrogens with zero attached hydrogens (tertiary/aromatic N) is 2. The fourth-order valence-electron chi connectivity index (χ4n) is 1.51. The van der Waals surface area contributed by atoms with Crippen LogP contribution in [0.5, 0.6) is 0 Å². The maximum Gasteiger partial charge on any atom is 0.223 e. The second kappa shape index (κ2) is 6.21. The highest BCUT2D eigenvalue weighted by Crippen LogP contribution is 2.16. The van der Waals surface area contributed by atoms with E-state index in [9.17, 15) is 0 Å². The molecular formula is C10H20N6O. The van der Waals surface area contributed by atoms with Crippen LogP contribution in [0.2, 0.25) is 0 Å². The van der Waals surface area contributed by atoms with Crippen molar-refractivity contribution in [3.05, 3.63) is 6.07 Å². The van der Waals surface area contributed by atoms with E-state index in [2.05, 4.69) is 34.6 Å². The lowest BCUT2D eigenvalue weighted by molar-refractivity contribution is 0.267. The summed E-state index contributed by atoms with van der Waals surface area (Å²) in [4.78, 5) is 7.96. The molecule has 1 aromatic heterocycles. The zero-order valence-corrected chi connectivity index (χ0v) is 10.1. The molecule has 0 spiro atoms. The highest BCUT2D eigenvalue weighted by atomic mass is 16.3. The Labute approximate surface area is 101 Å². The van der Waals surface area contributed by atoms with Crippen molar-refractivity contribution in [2.24, 2.45) is 11.8 Å². The molecule has 0 aliphatic carbocycles. The molecule has 0 aliphatic rings. The van der Waals surface area contributed by atoms with E-state index in [1.165, 1.54) is 0 Å². The first-order chi connectivity index (χ1) is 8.06. The Morgan fingerprint density at radius 3 is 2.53 bits per heavy atom. The first kappa shape index (κ1) is 13.5. The molecule has 0 bridgehead atoms. The Morgan fingerprint density at radius 1 is 1.35 bits per heavy atom. The van der Waals surface area contributed by atoms with Crippen molar-refractivity contribution < 1.29 is 5.11 Å². The standard InChI is InChI=1S/C10H20N6O/c1-6(2)7(3-4-17)13-8-5-9(16-12)15-10(11)14-8/h5-7,17H,3-4,12H2,1-2H3,(H4,11,13,14,15,16). The molecule has 0 saturated carbocycles. The minimum absolute atomic E-state index is 0.123. The second-order valence-electron chi connectivity index (χ2n) is 4.15. The van der Waals surface area contributed by atoms with Crippen LogP contribution in [-0.2, 0) is 0 Å². The van der Waals surface area contributed by atoms with Crippen molar-refractivity contribution >= 4 is 17.6 Å². The molecule has 0 aliphatic heterocycles. The number of aromatic nitrogens is 2. The minimum Gasteiger partial charge on any atom is -0.396 e. The van der Waals surface area contributed by atoms with Gasteiger partial charge in [0.05, 0.1) is 0 Å². The fraction of sp³-hybridized carbons (Fsp3) is 0.600. The van der Waals surface area contributed by atoms with Crippen LogP contribution in [0.3, 0.4) is 0 Å². The summed E-state index contributed by atoms with van der Waals surface area (Å²) in [5, 5.41) is 12.2. The van der Waals surface area contributed by atoms with Crippen LogP contribution in [0.1, 0.15) is 20.3 Å². The summed E-state index contributed by atoms with van der Waals surface area (Å²) in [6, 6.07) is 1.79. The molecule has 0 aromatic carbocycles. The number of aliphatic hydroxyl groups is 1. The molecule has 17 heavy (non-hydrogen) atoms. The normalized spacial score (nSPS) is 12.5. The molecule has 0 fully saturated rings. The van der Waals surface area contributed by atoms with Crippen molar-refractivity contribution in [2.75, 3.05) is 23.1 Å². The molecule has 0 saturated heterocycles. The van der Waals surface area contributed by atoms with Gasteiger partial charge in [0.15, 0.2) is 0 Å². The van der Waals surface area contributed by atoms with E-state index >= 15 is 0 Å². The highest BCUT2D eigenvalue weighted by Gasteiger charge is 2.13. The van der Waals surface area contributed by atoms with Crippen LogP contribution in [0.25, 0.3) is 0 Å². The van der Waals surface area contributed by atoms with Gasteiger partial charge in [-0.25, -0.2) is 5.84 Å². The Hall–Kier alpha value is -1.60. The van der Waals surface area contributed by atoms with Gasteiger partial charge in [-0.05, 0) is 12.3 Å². The summed E-state index contributed by atoms with van der Waals surface area (Å²) in [6.45, 7) is 4.26. The molecule has 1 heterocycles. The fourth-order valence-corrected chi connectivity index (χ4v) is 1.51. The number of hydrogen-bond acceptors (Lipinski definition) is 7. The second-order valence-corrected chi connectivity index (χ2v) is 4.15. The zero-order valence-electron chi connectivity index (χ0n) is 10.1. The lowest BCUT2D eigenvalue weighted by Gasteiger charge is -2.22. The largest absolute Gasteiger partial charge is 0.396 e. The Kier molecular flexibility index (Phi) is 4.92. The van der Waals surface area contributed by atoms with E-state index in [4.69, 9.17) is 16.7 Å². The molecule has 1 rings (SSSR count). The molecule has 7 N–H and O–H groups in total. The molecule has 7 nitrogen and oxygen atoms in total. The van der Waals surface area contributed by atoms with Gasteiger partial charge in [0.2, 0.25) is 5.95 Å². The first-order valence-corrected chi connectivity index (χ1v) is 5.55. The van der Waals surface area contributed by atoms with Gasteiger partial charge < -0.3 is 21.6 Å². The number of hydrogen-bond donors (Lipinski definition) is 5. The maximum atomic E-state index is 8.99. The van der Waals surface area contributed by atoms with Gasteiger partial charge in [-0.3, -0.25) is 0 Å². The number of aliphatic hydroxyl groups excluding tert-OH is 1. The average Bonchev–Trinajstić information content (AvgIpc) is 2.27. The summed E-state index contributed by atoms with van der Waals surface area (Å²) in [5.74, 6) is 6.83. The monoisotopic (exact) mass is 240 g/mol. The molecule has 1 unspecified atom stereocenters. The number of rotatable bonds is 6. The predicted molar refractivity (Wildman–Crippen MR) is 68.2 cm³/mol. The highest BCUT2D eigenvalue weighted by molar-refractivity contribution is 5.50. The van der Waals surface area contributed by atoms with Crippen molar-refractivity contribution in [1.29, 1.82) is 0 Å². The lowest BCUT2D eigenvalue weighted by atomic mass is 10.0. The average molecular weight is 240 g/mol. The van der Waals surface area contributed by atoms with Gasteiger partial charge in [-0.1, -0.05) is 13.8 Å². The van der Waals surface area contributed by atoms with Crippen molar-refractivity contribution in [3.63, 3.8) is 0 Å². The number of nitrogens with one attached hydrogen (secondary N) is 2. The quantitative estimate of drug-likeness (QED) is 0.354. The number of hydrazine groups is 1. The Bertz CT molecular complexity index is 357. The van der Waals surface area contributed by atoms with Crippen molar-refractivity contribution in [2.45, 2.75) is 26.3 Å². The van der Waals surface area contributed by atoms with Crippen LogP contribution in [0.15, 0.2) is 6.07 Å². The maximum absolute atomic E-state index is 8.99. The van der Waals surface area contributed by atoms with Crippen molar-refractivity contribution in [3.8, 4) is 0 Å². The van der Waals surface area contributed by atoms with Gasteiger partial charge in [0.1, 0.15) is 11.6 Å². The number of nitrogen functional groups attached to an aromatic ring is 2. The van der Waals surface area contributed by atoms with Crippen LogP contribution in [0, 0.1) is 5.92 Å². The van der Waals surface area contributed by atoms with E-state index in [-0.39, 0.29) is 18.6 Å². The summed E-state index contributed by atoms with van der Waals surface area (Å²) in [7, 11) is 0. The molecule has 1 aromatic rings. The molecule has 0 amide bonds. The molecule has 1 atom stereocenters. The van der Waals surface area contributed by atoms with Gasteiger partial charge in [-0.2, -0.15) is 9.97 Å². The molecule has 0 radical (unpaired) electrons. The SMILES string of the molecule is CC(C)C(CCO)Nc1cc(NN)nc(N)n1. The smallest absolute Gasteiger partial charge is 0.223 e. The van der Waals surface area contributed by atoms with E-state index < -0.39 is 0 Å². The first-order valence-electron chi connectivity index (χ1n) is 5.55. The summed E-state index contributed by atoms with van der Waals surface area (Å²) in [6.07, 6.45) is 0.646. The third-order valence-electron chi connectivity index (χ3n) is 2.47. The van der Waals surface area contributed by atoms with E-state index in [0.717, 1.165) is 0 Å². The minimum atomic E-state index is 0.123. The number of nitrogens with two attached hydrogens (primary N) is 2. The number of anilines is 3. The van der Waals surface area contributed by atoms with Gasteiger partial charge in [-0.15, -0.1) is 0 Å². The van der Waals surface area contributed by atoms with Crippen LogP contribution >= 0.6 is 0 Å². The Balaban J connectivity index is 2.81. The van der Waals surface area contributed by atoms with Crippen LogP contribution < -0.4 is 22.3 Å².